The second-order valence-corrected chi connectivity index (χ2v) is 13.6. The molecule has 0 radical (unpaired) electrons. The molecule has 2 aliphatic heterocycles. The fraction of sp³-hybridized carbons (Fsp3) is 0.162. The number of thioether (sulfide) groups is 1. The Balaban J connectivity index is 1.25. The van der Waals surface area contributed by atoms with E-state index >= 15 is 0 Å². The van der Waals surface area contributed by atoms with E-state index in [1.165, 1.54) is 29.2 Å². The molecule has 0 saturated carbocycles. The van der Waals surface area contributed by atoms with Crippen molar-refractivity contribution in [3.8, 4) is 5.75 Å². The molecule has 3 N–H and O–H groups in total. The first-order valence-electron chi connectivity index (χ1n) is 15.9. The fourth-order valence-corrected chi connectivity index (χ4v) is 7.86. The minimum atomic E-state index is -1.10. The van der Waals surface area contributed by atoms with Gasteiger partial charge >= 0.3 is 5.97 Å². The van der Waals surface area contributed by atoms with Crippen LogP contribution in [0.4, 0.5) is 5.13 Å². The van der Waals surface area contributed by atoms with E-state index in [9.17, 15) is 24.0 Å². The molecule has 0 bridgehead atoms. The van der Waals surface area contributed by atoms with E-state index in [-0.39, 0.29) is 51.5 Å². The number of rotatable bonds is 12. The third-order valence-corrected chi connectivity index (χ3v) is 10.4. The van der Waals surface area contributed by atoms with E-state index in [1.54, 1.807) is 36.4 Å². The molecule has 262 valence electrons. The molecule has 52 heavy (non-hydrogen) atoms. The minimum absolute atomic E-state index is 0.00163. The molecule has 0 spiro atoms. The number of nitrogens with one attached hydrogen (secondary N) is 1. The minimum Gasteiger partial charge on any atom is -0.484 e. The molecule has 3 heterocycles. The van der Waals surface area contributed by atoms with Crippen LogP contribution in [0.2, 0.25) is 0 Å². The Morgan fingerprint density at radius 2 is 1.60 bits per heavy atom. The maximum atomic E-state index is 14.4. The van der Waals surface area contributed by atoms with Crippen molar-refractivity contribution in [3.05, 3.63) is 150 Å². The number of fused-ring (bicyclic) bond motifs is 1. The summed E-state index contributed by atoms with van der Waals surface area (Å²) in [7, 11) is 1.26. The molecule has 13 nitrogen and oxygen atoms in total. The molecule has 1 unspecified atom stereocenters. The highest BCUT2D eigenvalue weighted by atomic mass is 32.2. The zero-order valence-electron chi connectivity index (χ0n) is 27.4. The molecule has 1 aromatic heterocycles. The molecular formula is C37H29N5O8S2. The Bertz CT molecular complexity index is 2250. The van der Waals surface area contributed by atoms with E-state index in [0.29, 0.717) is 11.1 Å². The maximum Gasteiger partial charge on any atom is 0.356 e. The maximum absolute atomic E-state index is 14.4. The third-order valence-electron chi connectivity index (χ3n) is 8.43. The summed E-state index contributed by atoms with van der Waals surface area (Å²) in [6.45, 7) is -0.00163. The van der Waals surface area contributed by atoms with Gasteiger partial charge in [-0.3, -0.25) is 24.1 Å². The molecule has 7 rings (SSSR count). The van der Waals surface area contributed by atoms with Crippen LogP contribution in [-0.2, 0) is 30.6 Å². The average Bonchev–Trinajstić information content (AvgIpc) is 3.62. The number of carbonyl (C=O) groups excluding carboxylic acids is 3. The van der Waals surface area contributed by atoms with Gasteiger partial charge < -0.3 is 25.4 Å². The molecule has 1 fully saturated rings. The van der Waals surface area contributed by atoms with Crippen molar-refractivity contribution in [2.45, 2.75) is 24.1 Å². The molecule has 1 saturated heterocycles. The van der Waals surface area contributed by atoms with Gasteiger partial charge in [-0.05, 0) is 16.7 Å². The average molecular weight is 736 g/mol. The second kappa shape index (κ2) is 14.7. The first-order chi connectivity index (χ1) is 25.3. The zero-order chi connectivity index (χ0) is 36.4. The van der Waals surface area contributed by atoms with Gasteiger partial charge in [0.15, 0.2) is 22.7 Å². The number of aromatic nitrogens is 1. The normalized spacial score (nSPS) is 17.1. The van der Waals surface area contributed by atoms with Gasteiger partial charge in [-0.25, -0.2) is 9.78 Å². The number of hydrogen-bond donors (Lipinski definition) is 2. The Labute approximate surface area is 304 Å². The summed E-state index contributed by atoms with van der Waals surface area (Å²) >= 11 is 2.30. The molecule has 4 aromatic carbocycles. The van der Waals surface area contributed by atoms with Gasteiger partial charge in [0.25, 0.3) is 17.2 Å². The van der Waals surface area contributed by atoms with Gasteiger partial charge in [-0.1, -0.05) is 96.2 Å². The second-order valence-electron chi connectivity index (χ2n) is 11.6. The first kappa shape index (κ1) is 34.4. The number of ether oxygens (including phenoxy) is 2. The number of nitrogens with two attached hydrogens (primary N) is 1. The van der Waals surface area contributed by atoms with Crippen molar-refractivity contribution in [1.82, 2.24) is 15.2 Å². The van der Waals surface area contributed by atoms with E-state index < -0.39 is 46.2 Å². The largest absolute Gasteiger partial charge is 0.484 e. The highest BCUT2D eigenvalue weighted by Crippen LogP contribution is 2.45. The SMILES string of the molecule is CO/N=C(\C(=O)NC1C(=O)N2C(C(=O)OC(c3ccccc3)c3ccccc3)=C(c3c(OCc4ccccc4)c(=O)c3=O)CS[C@H]12)c1csc(N)n1. The van der Waals surface area contributed by atoms with Gasteiger partial charge in [0.1, 0.15) is 36.5 Å². The van der Waals surface area contributed by atoms with Crippen molar-refractivity contribution in [3.63, 3.8) is 0 Å². The lowest BCUT2D eigenvalue weighted by Crippen LogP contribution is -2.71. The number of hydrogen-bond acceptors (Lipinski definition) is 13. The number of β-lactam (4-membered cyclic amide) rings is 1. The van der Waals surface area contributed by atoms with Crippen LogP contribution in [0.5, 0.6) is 5.75 Å². The number of oxime groups is 1. The predicted octanol–water partition coefficient (Wildman–Crippen LogP) is 3.39. The summed E-state index contributed by atoms with van der Waals surface area (Å²) in [5.41, 5.74) is 5.94. The van der Waals surface area contributed by atoms with Gasteiger partial charge in [0.05, 0.1) is 5.56 Å². The van der Waals surface area contributed by atoms with Crippen molar-refractivity contribution in [2.24, 2.45) is 5.16 Å². The Kier molecular flexibility index (Phi) is 9.69. The first-order valence-corrected chi connectivity index (χ1v) is 17.8. The Morgan fingerprint density at radius 3 is 2.19 bits per heavy atom. The number of nitrogen functional groups attached to an aromatic ring is 1. The Hall–Kier alpha value is -6.06. The van der Waals surface area contributed by atoms with E-state index in [2.05, 4.69) is 15.5 Å². The summed E-state index contributed by atoms with van der Waals surface area (Å²) in [6.07, 6.45) is -0.886. The highest BCUT2D eigenvalue weighted by Gasteiger charge is 2.56. The van der Waals surface area contributed by atoms with E-state index in [0.717, 1.165) is 16.9 Å². The van der Waals surface area contributed by atoms with Crippen molar-refractivity contribution in [1.29, 1.82) is 0 Å². The summed E-state index contributed by atoms with van der Waals surface area (Å²) in [5.74, 6) is -2.49. The number of benzene rings is 3. The number of amides is 2. The number of carbonyl (C=O) groups is 3. The van der Waals surface area contributed by atoms with Crippen LogP contribution in [0.25, 0.3) is 5.57 Å². The number of nitrogens with zero attached hydrogens (tertiary/aromatic N) is 3. The molecule has 2 atom stereocenters. The quantitative estimate of drug-likeness (QED) is 0.0631. The lowest BCUT2D eigenvalue weighted by Gasteiger charge is -2.49. The van der Waals surface area contributed by atoms with Crippen molar-refractivity contribution in [2.75, 3.05) is 18.6 Å². The van der Waals surface area contributed by atoms with Gasteiger partial charge in [-0.2, -0.15) is 0 Å². The molecular weight excluding hydrogens is 707 g/mol. The fourth-order valence-electron chi connectivity index (χ4n) is 5.96. The summed E-state index contributed by atoms with van der Waals surface area (Å²) < 4.78 is 12.0. The smallest absolute Gasteiger partial charge is 0.356 e. The van der Waals surface area contributed by atoms with Crippen molar-refractivity contribution < 1.29 is 28.7 Å². The standard InChI is InChI=1S/C37H29N5O8S2/c1-48-41-26(24-19-52-37(38)39-24)33(45)40-27-34(46)42-28(36(47)50-31(21-13-7-3-8-14-21)22-15-9-4-10-16-22)23(18-51-35(27)42)25-29(43)30(44)32(25)49-17-20-11-5-2-6-12-20/h2-16,19,27,31,35H,17-18H2,1H3,(H2,38,39)(H,40,45)/b41-26-/t27?,35-/m1/s1. The summed E-state index contributed by atoms with van der Waals surface area (Å²) in [4.78, 5) is 78.0. The molecule has 0 aliphatic carbocycles. The van der Waals surface area contributed by atoms with E-state index in [1.807, 2.05) is 54.6 Å². The number of thiazole rings is 1. The van der Waals surface area contributed by atoms with Crippen LogP contribution in [0, 0.1) is 0 Å². The van der Waals surface area contributed by atoms with Crippen LogP contribution in [-0.4, -0.2) is 57.7 Å². The highest BCUT2D eigenvalue weighted by molar-refractivity contribution is 8.00. The Morgan fingerprint density at radius 1 is 0.962 bits per heavy atom. The van der Waals surface area contributed by atoms with Gasteiger partial charge in [-0.15, -0.1) is 23.1 Å². The number of anilines is 1. The molecule has 2 aliphatic rings. The van der Waals surface area contributed by atoms with Crippen LogP contribution >= 0.6 is 23.1 Å². The topological polar surface area (TPSA) is 180 Å². The van der Waals surface area contributed by atoms with Crippen LogP contribution in [0.1, 0.15) is 34.1 Å². The van der Waals surface area contributed by atoms with Crippen LogP contribution < -0.4 is 26.6 Å². The lowest BCUT2D eigenvalue weighted by atomic mass is 9.95. The van der Waals surface area contributed by atoms with Gasteiger partial charge in [0.2, 0.25) is 5.43 Å². The third kappa shape index (κ3) is 6.47. The van der Waals surface area contributed by atoms with Crippen LogP contribution in [0.3, 0.4) is 0 Å². The summed E-state index contributed by atoms with van der Waals surface area (Å²) in [6, 6.07) is 26.1. The molecule has 15 heteroatoms. The van der Waals surface area contributed by atoms with Crippen LogP contribution in [0.15, 0.2) is 117 Å². The predicted molar refractivity (Wildman–Crippen MR) is 195 cm³/mol. The zero-order valence-corrected chi connectivity index (χ0v) is 29.0. The van der Waals surface area contributed by atoms with Crippen molar-refractivity contribution >= 4 is 57.3 Å². The summed E-state index contributed by atoms with van der Waals surface area (Å²) in [5, 5.41) is 7.41. The number of esters is 1. The van der Waals surface area contributed by atoms with E-state index in [4.69, 9.17) is 20.0 Å². The molecule has 2 amide bonds. The monoisotopic (exact) mass is 735 g/mol. The lowest BCUT2D eigenvalue weighted by molar-refractivity contribution is -0.154. The van der Waals surface area contributed by atoms with Gasteiger partial charge in [0, 0.05) is 16.7 Å². The molecule has 5 aromatic rings.